The van der Waals surface area contributed by atoms with Crippen LogP contribution in [-0.2, 0) is 11.2 Å². The quantitative estimate of drug-likeness (QED) is 0.552. The molecule has 0 bridgehead atoms. The smallest absolute Gasteiger partial charge is 0.317 e. The number of carboxylic acids is 1. The van der Waals surface area contributed by atoms with Crippen LogP contribution in [-0.4, -0.2) is 60.8 Å². The van der Waals surface area contributed by atoms with Crippen molar-refractivity contribution in [2.24, 2.45) is 0 Å². The van der Waals surface area contributed by atoms with Crippen LogP contribution < -0.4 is 15.4 Å². The van der Waals surface area contributed by atoms with Crippen molar-refractivity contribution < 1.29 is 19.4 Å². The van der Waals surface area contributed by atoms with Crippen LogP contribution in [0.5, 0.6) is 5.75 Å². The number of methoxy groups -OCH3 is 1. The van der Waals surface area contributed by atoms with Gasteiger partial charge in [-0.25, -0.2) is 4.79 Å². The van der Waals surface area contributed by atoms with E-state index < -0.39 is 5.97 Å². The highest BCUT2D eigenvalue weighted by Gasteiger charge is 2.34. The van der Waals surface area contributed by atoms with Crippen molar-refractivity contribution in [3.8, 4) is 5.75 Å². The molecule has 0 atom stereocenters. The Kier molecular flexibility index (Phi) is 7.72. The molecule has 144 valence electrons. The first-order valence-electron chi connectivity index (χ1n) is 9.15. The van der Waals surface area contributed by atoms with Crippen LogP contribution in [0.25, 0.3) is 0 Å². The number of nitrogens with one attached hydrogen (secondary N) is 2. The van der Waals surface area contributed by atoms with Crippen molar-refractivity contribution in [3.63, 3.8) is 0 Å². The molecule has 1 aromatic carbocycles. The number of likely N-dealkylation sites (N-methyl/N-ethyl adjacent to an activating group) is 1. The Bertz CT molecular complexity index is 602. The minimum atomic E-state index is -0.808. The van der Waals surface area contributed by atoms with Crippen LogP contribution in [0.1, 0.15) is 31.7 Å². The van der Waals surface area contributed by atoms with Gasteiger partial charge in [0.1, 0.15) is 5.75 Å². The zero-order valence-corrected chi connectivity index (χ0v) is 15.5. The number of amides is 2. The average molecular weight is 363 g/mol. The highest BCUT2D eigenvalue weighted by atomic mass is 16.5. The summed E-state index contributed by atoms with van der Waals surface area (Å²) >= 11 is 0. The van der Waals surface area contributed by atoms with Gasteiger partial charge in [0.15, 0.2) is 0 Å². The largest absolute Gasteiger partial charge is 0.497 e. The summed E-state index contributed by atoms with van der Waals surface area (Å²) in [5.74, 6) is 0.0359. The third-order valence-electron chi connectivity index (χ3n) is 4.77. The Morgan fingerprint density at radius 3 is 2.77 bits per heavy atom. The number of benzene rings is 1. The van der Waals surface area contributed by atoms with E-state index in [1.807, 2.05) is 36.1 Å². The highest BCUT2D eigenvalue weighted by molar-refractivity contribution is 5.74. The second kappa shape index (κ2) is 10.0. The van der Waals surface area contributed by atoms with Gasteiger partial charge in [0.25, 0.3) is 0 Å². The Morgan fingerprint density at radius 1 is 1.35 bits per heavy atom. The van der Waals surface area contributed by atoms with E-state index in [0.29, 0.717) is 13.1 Å². The van der Waals surface area contributed by atoms with Gasteiger partial charge in [0.2, 0.25) is 0 Å². The molecule has 7 heteroatoms. The second-order valence-corrected chi connectivity index (χ2v) is 6.63. The molecule has 3 N–H and O–H groups in total. The third kappa shape index (κ3) is 6.22. The van der Waals surface area contributed by atoms with E-state index in [2.05, 4.69) is 10.6 Å². The summed E-state index contributed by atoms with van der Waals surface area (Å²) in [4.78, 5) is 24.7. The van der Waals surface area contributed by atoms with Gasteiger partial charge < -0.3 is 20.5 Å². The normalized spacial score (nSPS) is 18.9. The number of aryl methyl sites for hydroxylation is 1. The number of hydrogen-bond acceptors (Lipinski definition) is 4. The first kappa shape index (κ1) is 20.0. The molecule has 1 saturated carbocycles. The number of urea groups is 1. The van der Waals surface area contributed by atoms with Crippen LogP contribution in [0.15, 0.2) is 24.3 Å². The highest BCUT2D eigenvalue weighted by Crippen LogP contribution is 2.25. The van der Waals surface area contributed by atoms with Crippen molar-refractivity contribution in [1.82, 2.24) is 15.5 Å². The Balaban J connectivity index is 1.59. The third-order valence-corrected chi connectivity index (χ3v) is 4.77. The number of nitrogens with zero attached hydrogens (tertiary/aromatic N) is 1. The standard InChI is InChI=1S/C19H29N3O4/c1-3-22(13-18(23)24)16-11-15(12-16)21-19(25)20-9-5-7-14-6-4-8-17(10-14)26-2/h4,6,8,10,15-16H,3,5,7,9,11-13H2,1-2H3,(H,23,24)(H2,20,21,25). The maximum Gasteiger partial charge on any atom is 0.317 e. The predicted molar refractivity (Wildman–Crippen MR) is 99.5 cm³/mol. The number of carbonyl (C=O) groups is 2. The first-order chi connectivity index (χ1) is 12.5. The monoisotopic (exact) mass is 363 g/mol. The molecule has 0 saturated heterocycles. The molecular formula is C19H29N3O4. The summed E-state index contributed by atoms with van der Waals surface area (Å²) in [7, 11) is 1.65. The fourth-order valence-electron chi connectivity index (χ4n) is 3.24. The molecule has 1 aromatic rings. The minimum Gasteiger partial charge on any atom is -0.497 e. The lowest BCUT2D eigenvalue weighted by atomic mass is 9.85. The van der Waals surface area contributed by atoms with Crippen molar-refractivity contribution in [2.75, 3.05) is 26.7 Å². The van der Waals surface area contributed by atoms with Gasteiger partial charge >= 0.3 is 12.0 Å². The minimum absolute atomic E-state index is 0.0599. The number of hydrogen-bond donors (Lipinski definition) is 3. The summed E-state index contributed by atoms with van der Waals surface area (Å²) in [6.45, 7) is 3.34. The molecular weight excluding hydrogens is 334 g/mol. The van der Waals surface area contributed by atoms with Crippen LogP contribution in [0.2, 0.25) is 0 Å². The molecule has 1 fully saturated rings. The molecule has 0 heterocycles. The molecule has 2 rings (SSSR count). The van der Waals surface area contributed by atoms with E-state index in [1.165, 1.54) is 5.56 Å². The van der Waals surface area contributed by atoms with Crippen LogP contribution in [0, 0.1) is 0 Å². The lowest BCUT2D eigenvalue weighted by molar-refractivity contribution is -0.139. The fraction of sp³-hybridized carbons (Fsp3) is 0.579. The van der Waals surface area contributed by atoms with E-state index in [-0.39, 0.29) is 24.7 Å². The van der Waals surface area contributed by atoms with E-state index in [4.69, 9.17) is 9.84 Å². The van der Waals surface area contributed by atoms with Gasteiger partial charge in [-0.1, -0.05) is 19.1 Å². The summed E-state index contributed by atoms with van der Waals surface area (Å²) in [5, 5.41) is 14.7. The summed E-state index contributed by atoms with van der Waals surface area (Å²) < 4.78 is 5.20. The summed E-state index contributed by atoms with van der Waals surface area (Å²) in [6, 6.07) is 8.15. The number of ether oxygens (including phenoxy) is 1. The van der Waals surface area contributed by atoms with E-state index in [1.54, 1.807) is 7.11 Å². The maximum absolute atomic E-state index is 11.9. The zero-order chi connectivity index (χ0) is 18.9. The van der Waals surface area contributed by atoms with Gasteiger partial charge in [-0.2, -0.15) is 0 Å². The van der Waals surface area contributed by atoms with Crippen molar-refractivity contribution in [3.05, 3.63) is 29.8 Å². The molecule has 1 aliphatic carbocycles. The van der Waals surface area contributed by atoms with Crippen LogP contribution >= 0.6 is 0 Å². The molecule has 0 aromatic heterocycles. The van der Waals surface area contributed by atoms with Gasteiger partial charge in [-0.15, -0.1) is 0 Å². The Hall–Kier alpha value is -2.28. The Labute approximate surface area is 154 Å². The lowest BCUT2D eigenvalue weighted by Gasteiger charge is -2.42. The molecule has 26 heavy (non-hydrogen) atoms. The lowest BCUT2D eigenvalue weighted by Crippen LogP contribution is -2.56. The molecule has 0 unspecified atom stereocenters. The second-order valence-electron chi connectivity index (χ2n) is 6.63. The molecule has 2 amide bonds. The zero-order valence-electron chi connectivity index (χ0n) is 15.5. The van der Waals surface area contributed by atoms with Gasteiger partial charge in [0.05, 0.1) is 13.7 Å². The number of rotatable bonds is 10. The van der Waals surface area contributed by atoms with Crippen molar-refractivity contribution in [2.45, 2.75) is 44.7 Å². The van der Waals surface area contributed by atoms with Gasteiger partial charge in [-0.05, 0) is 49.9 Å². The molecule has 0 radical (unpaired) electrons. The first-order valence-corrected chi connectivity index (χ1v) is 9.15. The van der Waals surface area contributed by atoms with Gasteiger partial charge in [0, 0.05) is 18.6 Å². The predicted octanol–water partition coefficient (Wildman–Crippen LogP) is 1.86. The fourth-order valence-corrected chi connectivity index (χ4v) is 3.24. The molecule has 0 spiro atoms. The van der Waals surface area contributed by atoms with Crippen LogP contribution in [0.3, 0.4) is 0 Å². The molecule has 0 aliphatic heterocycles. The van der Waals surface area contributed by atoms with Gasteiger partial charge in [-0.3, -0.25) is 9.69 Å². The number of carboxylic acid groups (broad SMARTS) is 1. The molecule has 1 aliphatic rings. The summed E-state index contributed by atoms with van der Waals surface area (Å²) in [5.41, 5.74) is 1.19. The SMILES string of the molecule is CCN(CC(=O)O)C1CC(NC(=O)NCCCc2cccc(OC)c2)C1. The maximum atomic E-state index is 11.9. The average Bonchev–Trinajstić information content (AvgIpc) is 2.59. The number of carbonyl (C=O) groups excluding carboxylic acids is 1. The van der Waals surface area contributed by atoms with Crippen molar-refractivity contribution in [1.29, 1.82) is 0 Å². The topological polar surface area (TPSA) is 90.9 Å². The van der Waals surface area contributed by atoms with E-state index >= 15 is 0 Å². The molecule has 7 nitrogen and oxygen atoms in total. The van der Waals surface area contributed by atoms with Crippen LogP contribution in [0.4, 0.5) is 4.79 Å². The summed E-state index contributed by atoms with van der Waals surface area (Å²) in [6.07, 6.45) is 3.34. The van der Waals surface area contributed by atoms with E-state index in [0.717, 1.165) is 31.4 Å². The Morgan fingerprint density at radius 2 is 2.12 bits per heavy atom. The van der Waals surface area contributed by atoms with Crippen molar-refractivity contribution >= 4 is 12.0 Å². The van der Waals surface area contributed by atoms with E-state index in [9.17, 15) is 9.59 Å². The number of aliphatic carboxylic acids is 1.